The molecule has 1 unspecified atom stereocenters. The number of nitrogens with zero attached hydrogens (tertiary/aromatic N) is 1. The maximum atomic E-state index is 12.8. The number of piperidine rings is 1. The van der Waals surface area contributed by atoms with E-state index in [1.165, 1.54) is 23.3 Å². The number of rotatable bonds is 4. The van der Waals surface area contributed by atoms with E-state index in [2.05, 4.69) is 0 Å². The predicted octanol–water partition coefficient (Wildman–Crippen LogP) is 3.34. The average molecular weight is 321 g/mol. The van der Waals surface area contributed by atoms with Crippen molar-refractivity contribution in [3.8, 4) is 0 Å². The minimum Gasteiger partial charge on any atom is -0.481 e. The van der Waals surface area contributed by atoms with Gasteiger partial charge >= 0.3 is 5.97 Å². The van der Waals surface area contributed by atoms with Crippen molar-refractivity contribution in [3.63, 3.8) is 0 Å². The third-order valence-electron chi connectivity index (χ3n) is 4.86. The molecule has 1 amide bonds. The van der Waals surface area contributed by atoms with Crippen molar-refractivity contribution >= 4 is 23.2 Å². The number of hydrogen-bond acceptors (Lipinski definition) is 3. The second kappa shape index (κ2) is 6.82. The molecule has 22 heavy (non-hydrogen) atoms. The molecule has 0 radical (unpaired) electrons. The van der Waals surface area contributed by atoms with E-state index in [1.54, 1.807) is 11.3 Å². The minimum absolute atomic E-state index is 0.166. The molecule has 1 saturated heterocycles. The first-order chi connectivity index (χ1) is 10.6. The van der Waals surface area contributed by atoms with Gasteiger partial charge in [0.05, 0.1) is 5.56 Å². The summed E-state index contributed by atoms with van der Waals surface area (Å²) in [6.07, 6.45) is 7.50. The van der Waals surface area contributed by atoms with Gasteiger partial charge in [-0.05, 0) is 56.4 Å². The zero-order valence-corrected chi connectivity index (χ0v) is 13.7. The molecule has 1 N–H and O–H groups in total. The lowest BCUT2D eigenvalue weighted by Crippen LogP contribution is -2.40. The summed E-state index contributed by atoms with van der Waals surface area (Å²) in [6.45, 7) is 1.53. The van der Waals surface area contributed by atoms with Crippen LogP contribution in [0.2, 0.25) is 0 Å². The molecule has 0 spiro atoms. The molecule has 2 aliphatic rings. The third kappa shape index (κ3) is 3.35. The zero-order chi connectivity index (χ0) is 15.5. The highest BCUT2D eigenvalue weighted by molar-refractivity contribution is 7.10. The summed E-state index contributed by atoms with van der Waals surface area (Å²) in [6, 6.07) is 0. The van der Waals surface area contributed by atoms with E-state index in [0.717, 1.165) is 44.3 Å². The summed E-state index contributed by atoms with van der Waals surface area (Å²) in [7, 11) is 0. The summed E-state index contributed by atoms with van der Waals surface area (Å²) in [4.78, 5) is 26.9. The lowest BCUT2D eigenvalue weighted by atomic mass is 9.92. The Labute approximate surface area is 135 Å². The van der Waals surface area contributed by atoms with Gasteiger partial charge in [-0.2, -0.15) is 0 Å². The molecular weight excluding hydrogens is 298 g/mol. The summed E-state index contributed by atoms with van der Waals surface area (Å²) in [5, 5.41) is 10.9. The van der Waals surface area contributed by atoms with Crippen LogP contribution in [0.5, 0.6) is 0 Å². The van der Waals surface area contributed by atoms with E-state index in [-0.39, 0.29) is 12.3 Å². The molecule has 2 heterocycles. The van der Waals surface area contributed by atoms with Crippen LogP contribution in [-0.2, 0) is 17.6 Å². The van der Waals surface area contributed by atoms with Crippen molar-refractivity contribution in [2.75, 3.05) is 13.1 Å². The fourth-order valence-corrected chi connectivity index (χ4v) is 4.78. The van der Waals surface area contributed by atoms with Crippen molar-refractivity contribution in [1.29, 1.82) is 0 Å². The molecule has 1 aliphatic carbocycles. The first-order valence-electron chi connectivity index (χ1n) is 8.25. The predicted molar refractivity (Wildman–Crippen MR) is 86.5 cm³/mol. The van der Waals surface area contributed by atoms with E-state index in [0.29, 0.717) is 12.3 Å². The van der Waals surface area contributed by atoms with Gasteiger partial charge in [-0.25, -0.2) is 0 Å². The van der Waals surface area contributed by atoms with Crippen LogP contribution in [0.4, 0.5) is 0 Å². The van der Waals surface area contributed by atoms with Crippen molar-refractivity contribution in [2.45, 2.75) is 51.4 Å². The highest BCUT2D eigenvalue weighted by Gasteiger charge is 2.28. The molecule has 3 rings (SSSR count). The SMILES string of the molecule is O=C(O)CCC1CCCN(C(=O)c2csc3c2CCCC3)C1. The van der Waals surface area contributed by atoms with E-state index in [1.807, 2.05) is 10.3 Å². The van der Waals surface area contributed by atoms with E-state index >= 15 is 0 Å². The molecular formula is C17H23NO3S. The average Bonchev–Trinajstić information content (AvgIpc) is 2.96. The van der Waals surface area contributed by atoms with Crippen LogP contribution in [0.15, 0.2) is 5.38 Å². The highest BCUT2D eigenvalue weighted by atomic mass is 32.1. The van der Waals surface area contributed by atoms with Crippen molar-refractivity contribution in [1.82, 2.24) is 4.90 Å². The Morgan fingerprint density at radius 2 is 2.09 bits per heavy atom. The van der Waals surface area contributed by atoms with Crippen LogP contribution in [0.1, 0.15) is 59.3 Å². The Morgan fingerprint density at radius 3 is 2.91 bits per heavy atom. The van der Waals surface area contributed by atoms with Crippen molar-refractivity contribution in [2.24, 2.45) is 5.92 Å². The molecule has 1 atom stereocenters. The first kappa shape index (κ1) is 15.5. The molecule has 5 heteroatoms. The van der Waals surface area contributed by atoms with E-state index in [4.69, 9.17) is 5.11 Å². The highest BCUT2D eigenvalue weighted by Crippen LogP contribution is 2.32. The lowest BCUT2D eigenvalue weighted by molar-refractivity contribution is -0.137. The summed E-state index contributed by atoms with van der Waals surface area (Å²) in [5.74, 6) is -0.238. The Hall–Kier alpha value is -1.36. The fraction of sp³-hybridized carbons (Fsp3) is 0.647. The molecule has 120 valence electrons. The van der Waals surface area contributed by atoms with E-state index in [9.17, 15) is 9.59 Å². The normalized spacial score (nSPS) is 21.5. The molecule has 1 aliphatic heterocycles. The smallest absolute Gasteiger partial charge is 0.303 e. The number of fused-ring (bicyclic) bond motifs is 1. The number of amides is 1. The number of carbonyl (C=O) groups is 2. The summed E-state index contributed by atoms with van der Waals surface area (Å²) in [5.41, 5.74) is 2.20. The molecule has 0 saturated carbocycles. The molecule has 0 aromatic carbocycles. The zero-order valence-electron chi connectivity index (χ0n) is 12.8. The number of aryl methyl sites for hydroxylation is 1. The number of hydrogen-bond donors (Lipinski definition) is 1. The molecule has 1 aromatic heterocycles. The monoisotopic (exact) mass is 321 g/mol. The summed E-state index contributed by atoms with van der Waals surface area (Å²) < 4.78 is 0. The topological polar surface area (TPSA) is 57.6 Å². The molecule has 1 fully saturated rings. The van der Waals surface area contributed by atoms with Gasteiger partial charge < -0.3 is 10.0 Å². The van der Waals surface area contributed by atoms with Crippen LogP contribution >= 0.6 is 11.3 Å². The maximum absolute atomic E-state index is 12.8. The third-order valence-corrected chi connectivity index (χ3v) is 5.95. The molecule has 1 aromatic rings. The first-order valence-corrected chi connectivity index (χ1v) is 9.13. The number of likely N-dealkylation sites (tertiary alicyclic amines) is 1. The summed E-state index contributed by atoms with van der Waals surface area (Å²) >= 11 is 1.73. The standard InChI is InChI=1S/C17H23NO3S/c19-16(20)8-7-12-4-3-9-18(10-12)17(21)14-11-22-15-6-2-1-5-13(14)15/h11-12H,1-10H2,(H,19,20). The number of carbonyl (C=O) groups excluding carboxylic acids is 1. The number of thiophene rings is 1. The van der Waals surface area contributed by atoms with Crippen LogP contribution < -0.4 is 0 Å². The second-order valence-corrected chi connectivity index (χ2v) is 7.41. The fourth-order valence-electron chi connectivity index (χ4n) is 3.66. The van der Waals surface area contributed by atoms with Crippen LogP contribution in [0, 0.1) is 5.92 Å². The van der Waals surface area contributed by atoms with Crippen molar-refractivity contribution < 1.29 is 14.7 Å². The molecule has 0 bridgehead atoms. The minimum atomic E-state index is -0.740. The largest absolute Gasteiger partial charge is 0.481 e. The van der Waals surface area contributed by atoms with E-state index < -0.39 is 5.97 Å². The Morgan fingerprint density at radius 1 is 1.27 bits per heavy atom. The lowest BCUT2D eigenvalue weighted by Gasteiger charge is -2.33. The quantitative estimate of drug-likeness (QED) is 0.925. The second-order valence-electron chi connectivity index (χ2n) is 6.45. The van der Waals surface area contributed by atoms with Gasteiger partial charge in [-0.1, -0.05) is 0 Å². The van der Waals surface area contributed by atoms with Gasteiger partial charge in [-0.15, -0.1) is 11.3 Å². The Balaban J connectivity index is 1.66. The van der Waals surface area contributed by atoms with Crippen molar-refractivity contribution in [3.05, 3.63) is 21.4 Å². The Bertz CT molecular complexity index is 566. The Kier molecular flexibility index (Phi) is 4.81. The van der Waals surface area contributed by atoms with Gasteiger partial charge in [0.25, 0.3) is 5.91 Å². The van der Waals surface area contributed by atoms with Gasteiger partial charge in [0.15, 0.2) is 0 Å². The van der Waals surface area contributed by atoms with Crippen LogP contribution in [0.3, 0.4) is 0 Å². The maximum Gasteiger partial charge on any atom is 0.303 e. The van der Waals surface area contributed by atoms with Gasteiger partial charge in [0.1, 0.15) is 0 Å². The van der Waals surface area contributed by atoms with Gasteiger partial charge in [-0.3, -0.25) is 9.59 Å². The number of carboxylic acid groups (broad SMARTS) is 1. The number of carboxylic acids is 1. The van der Waals surface area contributed by atoms with Gasteiger partial charge in [0, 0.05) is 29.8 Å². The van der Waals surface area contributed by atoms with Gasteiger partial charge in [0.2, 0.25) is 0 Å². The molecule has 4 nitrogen and oxygen atoms in total. The van der Waals surface area contributed by atoms with Crippen LogP contribution in [-0.4, -0.2) is 35.0 Å². The van der Waals surface area contributed by atoms with Crippen LogP contribution in [0.25, 0.3) is 0 Å². The number of aliphatic carboxylic acids is 1.